The van der Waals surface area contributed by atoms with Gasteiger partial charge in [-0.2, -0.15) is 10.1 Å². The van der Waals surface area contributed by atoms with E-state index in [0.717, 1.165) is 4.90 Å². The monoisotopic (exact) mass is 180 g/mol. The van der Waals surface area contributed by atoms with Crippen LogP contribution in [0.25, 0.3) is 0 Å². The Labute approximate surface area is 75.4 Å². The third-order valence-electron chi connectivity index (χ3n) is 1.45. The summed E-state index contributed by atoms with van der Waals surface area (Å²) in [5, 5.41) is 8.65. The molecule has 1 rings (SSSR count). The van der Waals surface area contributed by atoms with Gasteiger partial charge < -0.3 is 0 Å². The van der Waals surface area contributed by atoms with Crippen LogP contribution in [0.15, 0.2) is 24.4 Å². The molecule has 1 aliphatic rings. The van der Waals surface area contributed by atoms with Crippen molar-refractivity contribution in [2.24, 2.45) is 0 Å². The molecular weight excluding hydrogens is 172 g/mol. The quantitative estimate of drug-likeness (QED) is 0.445. The van der Waals surface area contributed by atoms with E-state index < -0.39 is 12.1 Å². The van der Waals surface area contributed by atoms with E-state index >= 15 is 0 Å². The number of carbonyl (C=O) groups is 1. The smallest absolute Gasteiger partial charge is 0.275 e. The molecule has 68 valence electrons. The highest BCUT2D eigenvalue weighted by Gasteiger charge is 2.22. The van der Waals surface area contributed by atoms with Crippen LogP contribution in [0.1, 0.15) is 0 Å². The van der Waals surface area contributed by atoms with Gasteiger partial charge in [0, 0.05) is 6.20 Å². The molecule has 0 fully saturated rings. The molecule has 0 unspecified atom stereocenters. The number of hydrogen-bond donors (Lipinski definition) is 0. The summed E-state index contributed by atoms with van der Waals surface area (Å²) in [5.41, 5.74) is 0. The van der Waals surface area contributed by atoms with E-state index in [9.17, 15) is 4.79 Å². The summed E-state index contributed by atoms with van der Waals surface area (Å²) >= 11 is 0. The predicted molar refractivity (Wildman–Crippen MR) is 43.0 cm³/mol. The number of nitriles is 1. The van der Waals surface area contributed by atoms with Crippen LogP contribution >= 0.6 is 0 Å². The Morgan fingerprint density at radius 3 is 3.00 bits per heavy atom. The zero-order chi connectivity index (χ0) is 9.68. The van der Waals surface area contributed by atoms with E-state index in [0.29, 0.717) is 0 Å². The largest absolute Gasteiger partial charge is 0.446 e. The minimum absolute atomic E-state index is 0.632. The third-order valence-corrected chi connectivity index (χ3v) is 1.45. The second-order valence-corrected chi connectivity index (χ2v) is 2.22. The van der Waals surface area contributed by atoms with Crippen LogP contribution in [0.3, 0.4) is 0 Å². The molecule has 0 bridgehead atoms. The molecule has 1 heterocycles. The van der Waals surface area contributed by atoms with Crippen molar-refractivity contribution in [3.63, 3.8) is 0 Å². The lowest BCUT2D eigenvalue weighted by atomic mass is 10.2. The number of hydrogen-bond acceptors (Lipinski definition) is 4. The van der Waals surface area contributed by atoms with Crippen LogP contribution in [0.4, 0.5) is 4.79 Å². The van der Waals surface area contributed by atoms with E-state index in [2.05, 4.69) is 9.78 Å². The molecule has 5 nitrogen and oxygen atoms in total. The first-order valence-corrected chi connectivity index (χ1v) is 3.57. The van der Waals surface area contributed by atoms with Gasteiger partial charge in [-0.1, -0.05) is 6.08 Å². The van der Waals surface area contributed by atoms with Crippen LogP contribution in [0, 0.1) is 11.3 Å². The molecule has 0 radical (unpaired) electrons. The van der Waals surface area contributed by atoms with Crippen molar-refractivity contribution >= 4 is 6.09 Å². The van der Waals surface area contributed by atoms with Crippen LogP contribution in [0.5, 0.6) is 0 Å². The fraction of sp³-hybridized carbons (Fsp3) is 0.250. The summed E-state index contributed by atoms with van der Waals surface area (Å²) in [7, 11) is 1.22. The fourth-order valence-corrected chi connectivity index (χ4v) is 0.891. The van der Waals surface area contributed by atoms with E-state index in [-0.39, 0.29) is 0 Å². The molecule has 0 saturated heterocycles. The van der Waals surface area contributed by atoms with E-state index in [1.165, 1.54) is 13.3 Å². The molecule has 0 spiro atoms. The molecule has 1 amide bonds. The minimum Gasteiger partial charge on any atom is -0.275 e. The zero-order valence-electron chi connectivity index (χ0n) is 7.01. The Bertz CT molecular complexity index is 290. The number of nitrogens with zero attached hydrogens (tertiary/aromatic N) is 2. The van der Waals surface area contributed by atoms with Crippen LogP contribution < -0.4 is 0 Å². The molecule has 0 aliphatic carbocycles. The predicted octanol–water partition coefficient (Wildman–Crippen LogP) is 0.962. The summed E-state index contributed by atoms with van der Waals surface area (Å²) in [6, 6.07) is 1.29. The average Bonchev–Trinajstić information content (AvgIpc) is 2.18. The van der Waals surface area contributed by atoms with Gasteiger partial charge in [-0.25, -0.2) is 4.79 Å². The highest BCUT2D eigenvalue weighted by Crippen LogP contribution is 2.09. The molecule has 1 aliphatic heterocycles. The molecule has 0 N–H and O–H groups in total. The van der Waals surface area contributed by atoms with Crippen molar-refractivity contribution in [2.45, 2.75) is 6.04 Å². The van der Waals surface area contributed by atoms with Crippen LogP contribution in [0.2, 0.25) is 0 Å². The van der Waals surface area contributed by atoms with E-state index in [1.54, 1.807) is 18.2 Å². The van der Waals surface area contributed by atoms with Gasteiger partial charge in [-0.05, 0) is 12.2 Å². The van der Waals surface area contributed by atoms with Crippen molar-refractivity contribution in [1.29, 1.82) is 5.26 Å². The molecule has 13 heavy (non-hydrogen) atoms. The lowest BCUT2D eigenvalue weighted by Crippen LogP contribution is -2.35. The Morgan fingerprint density at radius 1 is 1.62 bits per heavy atom. The molecule has 5 heteroatoms. The standard InChI is InChI=1S/C8H8N2O3/c1-12-13-8(11)10-5-3-2-4-7(10)6-9/h2-5,7H,1H3/t7-/m0/s1. The number of carbonyl (C=O) groups excluding carboxylic acids is 1. The minimum atomic E-state index is -0.713. The maximum atomic E-state index is 11.1. The number of rotatable bonds is 1. The number of allylic oxidation sites excluding steroid dienone is 2. The maximum absolute atomic E-state index is 11.1. The molecule has 1 atom stereocenters. The number of amides is 1. The van der Waals surface area contributed by atoms with Gasteiger partial charge in [0.25, 0.3) is 0 Å². The van der Waals surface area contributed by atoms with E-state index in [1.807, 2.05) is 6.07 Å². The summed E-state index contributed by atoms with van der Waals surface area (Å²) in [6.07, 6.45) is 5.64. The van der Waals surface area contributed by atoms with Gasteiger partial charge in [0.05, 0.1) is 13.2 Å². The van der Waals surface area contributed by atoms with Crippen molar-refractivity contribution in [3.05, 3.63) is 24.4 Å². The van der Waals surface area contributed by atoms with Crippen LogP contribution in [-0.4, -0.2) is 24.1 Å². The van der Waals surface area contributed by atoms with Crippen molar-refractivity contribution in [2.75, 3.05) is 7.11 Å². The van der Waals surface area contributed by atoms with Gasteiger partial charge in [-0.3, -0.25) is 9.79 Å². The molecule has 0 aromatic carbocycles. The highest BCUT2D eigenvalue weighted by molar-refractivity contribution is 5.70. The third kappa shape index (κ3) is 2.07. The summed E-state index contributed by atoms with van der Waals surface area (Å²) < 4.78 is 0. The Morgan fingerprint density at radius 2 is 2.38 bits per heavy atom. The Hall–Kier alpha value is -1.80. The Kier molecular flexibility index (Phi) is 3.06. The summed E-state index contributed by atoms with van der Waals surface area (Å²) in [6.45, 7) is 0. The summed E-state index contributed by atoms with van der Waals surface area (Å²) in [5.74, 6) is 0. The molecule has 0 aromatic heterocycles. The van der Waals surface area contributed by atoms with Crippen molar-refractivity contribution < 1.29 is 14.6 Å². The second-order valence-electron chi connectivity index (χ2n) is 2.22. The van der Waals surface area contributed by atoms with Gasteiger partial charge in [-0.15, -0.1) is 0 Å². The van der Waals surface area contributed by atoms with Gasteiger partial charge >= 0.3 is 6.09 Å². The fourth-order valence-electron chi connectivity index (χ4n) is 0.891. The van der Waals surface area contributed by atoms with Crippen molar-refractivity contribution in [1.82, 2.24) is 4.90 Å². The Balaban J connectivity index is 2.68. The lowest BCUT2D eigenvalue weighted by molar-refractivity contribution is -0.219. The topological polar surface area (TPSA) is 62.6 Å². The SMILES string of the molecule is COOC(=O)N1C=CC=C[C@H]1C#N. The molecule has 0 aromatic rings. The van der Waals surface area contributed by atoms with Gasteiger partial charge in [0.15, 0.2) is 0 Å². The maximum Gasteiger partial charge on any atom is 0.446 e. The normalized spacial score (nSPS) is 19.7. The van der Waals surface area contributed by atoms with Crippen LogP contribution in [-0.2, 0) is 9.78 Å². The molecule has 0 saturated carbocycles. The second kappa shape index (κ2) is 4.28. The van der Waals surface area contributed by atoms with Crippen molar-refractivity contribution in [3.8, 4) is 6.07 Å². The first kappa shape index (κ1) is 9.29. The average molecular weight is 180 g/mol. The van der Waals surface area contributed by atoms with E-state index in [4.69, 9.17) is 5.26 Å². The zero-order valence-corrected chi connectivity index (χ0v) is 7.01. The van der Waals surface area contributed by atoms with Gasteiger partial charge in [0.2, 0.25) is 0 Å². The first-order valence-electron chi connectivity index (χ1n) is 3.57. The first-order chi connectivity index (χ1) is 6.29. The highest BCUT2D eigenvalue weighted by atomic mass is 17.2. The lowest BCUT2D eigenvalue weighted by Gasteiger charge is -2.20. The molecular formula is C8H8N2O3. The summed E-state index contributed by atoms with van der Waals surface area (Å²) in [4.78, 5) is 20.7. The van der Waals surface area contributed by atoms with Gasteiger partial charge in [0.1, 0.15) is 6.04 Å².